The fraction of sp³-hybridized carbons (Fsp3) is 0.300. The van der Waals surface area contributed by atoms with Crippen LogP contribution in [-0.2, 0) is 0 Å². The van der Waals surface area contributed by atoms with Crippen molar-refractivity contribution in [2.75, 3.05) is 7.11 Å². The highest BCUT2D eigenvalue weighted by atomic mass is 127. The lowest BCUT2D eigenvalue weighted by Crippen LogP contribution is -2.11. The second-order valence-electron chi connectivity index (χ2n) is 2.83. The molecule has 0 aliphatic heterocycles. The molecule has 0 radical (unpaired) electrons. The molecule has 2 nitrogen and oxygen atoms in total. The highest BCUT2D eigenvalue weighted by Gasteiger charge is 2.15. The molecule has 0 spiro atoms. The number of benzene rings is 1. The van der Waals surface area contributed by atoms with Gasteiger partial charge in [-0.05, 0) is 47.7 Å². The van der Waals surface area contributed by atoms with Gasteiger partial charge >= 0.3 is 0 Å². The van der Waals surface area contributed by atoms with Crippen LogP contribution in [0.5, 0.6) is 5.75 Å². The van der Waals surface area contributed by atoms with E-state index in [2.05, 4.69) is 38.5 Å². The van der Waals surface area contributed by atoms with Gasteiger partial charge in [-0.15, -0.1) is 0 Å². The molecule has 1 rings (SSSR count). The molecule has 14 heavy (non-hydrogen) atoms. The van der Waals surface area contributed by atoms with E-state index < -0.39 is 0 Å². The van der Waals surface area contributed by atoms with Crippen molar-refractivity contribution >= 4 is 44.3 Å². The summed E-state index contributed by atoms with van der Waals surface area (Å²) < 4.78 is 5.98. The Morgan fingerprint density at radius 1 is 1.57 bits per heavy atom. The van der Waals surface area contributed by atoms with Gasteiger partial charge in [0.15, 0.2) is 5.78 Å². The molecular weight excluding hydrogens is 359 g/mol. The zero-order valence-corrected chi connectivity index (χ0v) is 11.6. The monoisotopic (exact) mass is 368 g/mol. The van der Waals surface area contributed by atoms with E-state index in [0.717, 1.165) is 14.9 Å². The Kier molecular flexibility index (Phi) is 4.37. The molecule has 0 fully saturated rings. The number of alkyl halides is 1. The van der Waals surface area contributed by atoms with Crippen LogP contribution < -0.4 is 4.74 Å². The highest BCUT2D eigenvalue weighted by molar-refractivity contribution is 14.1. The molecule has 0 saturated heterocycles. The minimum Gasteiger partial charge on any atom is -0.497 e. The number of carbonyl (C=O) groups excluding carboxylic acids is 1. The lowest BCUT2D eigenvalue weighted by atomic mass is 10.1. The SMILES string of the molecule is COc1ccc(C(=O)C(C)Br)c(I)c1. The molecule has 1 aromatic carbocycles. The van der Waals surface area contributed by atoms with Crippen molar-refractivity contribution in [2.24, 2.45) is 0 Å². The molecule has 0 amide bonds. The van der Waals surface area contributed by atoms with Crippen molar-refractivity contribution in [2.45, 2.75) is 11.8 Å². The van der Waals surface area contributed by atoms with Gasteiger partial charge in [0.2, 0.25) is 0 Å². The predicted molar refractivity (Wildman–Crippen MR) is 68.4 cm³/mol. The third-order valence-electron chi connectivity index (χ3n) is 1.80. The predicted octanol–water partition coefficient (Wildman–Crippen LogP) is 3.27. The van der Waals surface area contributed by atoms with E-state index in [-0.39, 0.29) is 10.6 Å². The normalized spacial score (nSPS) is 12.3. The topological polar surface area (TPSA) is 26.3 Å². The molecule has 0 aliphatic carbocycles. The molecule has 76 valence electrons. The summed E-state index contributed by atoms with van der Waals surface area (Å²) in [5.74, 6) is 0.866. The van der Waals surface area contributed by atoms with Crippen molar-refractivity contribution < 1.29 is 9.53 Å². The highest BCUT2D eigenvalue weighted by Crippen LogP contribution is 2.21. The van der Waals surface area contributed by atoms with E-state index in [1.807, 2.05) is 13.0 Å². The Labute approximate surface area is 105 Å². The first-order chi connectivity index (χ1) is 6.56. The van der Waals surface area contributed by atoms with Crippen molar-refractivity contribution in [3.8, 4) is 5.75 Å². The van der Waals surface area contributed by atoms with Gasteiger partial charge in [0.25, 0.3) is 0 Å². The largest absolute Gasteiger partial charge is 0.497 e. The van der Waals surface area contributed by atoms with Gasteiger partial charge in [-0.2, -0.15) is 0 Å². The molecule has 0 aromatic heterocycles. The van der Waals surface area contributed by atoms with E-state index in [1.165, 1.54) is 0 Å². The maximum Gasteiger partial charge on any atom is 0.177 e. The van der Waals surface area contributed by atoms with Crippen LogP contribution in [0.3, 0.4) is 0 Å². The summed E-state index contributed by atoms with van der Waals surface area (Å²) >= 11 is 5.40. The van der Waals surface area contributed by atoms with Gasteiger partial charge in [-0.25, -0.2) is 0 Å². The number of ketones is 1. The van der Waals surface area contributed by atoms with Crippen LogP contribution in [0.15, 0.2) is 18.2 Å². The standard InChI is InChI=1S/C10H10BrIO2/c1-6(11)10(13)8-4-3-7(14-2)5-9(8)12/h3-6H,1-2H3. The second kappa shape index (κ2) is 5.11. The van der Waals surface area contributed by atoms with Crippen molar-refractivity contribution in [3.05, 3.63) is 27.3 Å². The minimum atomic E-state index is -0.149. The molecule has 0 saturated carbocycles. The van der Waals surface area contributed by atoms with Crippen LogP contribution in [0.2, 0.25) is 0 Å². The van der Waals surface area contributed by atoms with Crippen LogP contribution in [-0.4, -0.2) is 17.7 Å². The van der Waals surface area contributed by atoms with Crippen molar-refractivity contribution in [1.82, 2.24) is 0 Å². The van der Waals surface area contributed by atoms with Crippen molar-refractivity contribution in [3.63, 3.8) is 0 Å². The minimum absolute atomic E-state index is 0.0945. The molecule has 0 N–H and O–H groups in total. The first-order valence-electron chi connectivity index (χ1n) is 4.08. The Balaban J connectivity index is 3.06. The fourth-order valence-corrected chi connectivity index (χ4v) is 2.04. The summed E-state index contributed by atoms with van der Waals surface area (Å²) in [6, 6.07) is 5.44. The van der Waals surface area contributed by atoms with Crippen LogP contribution >= 0.6 is 38.5 Å². The molecule has 1 atom stereocenters. The number of carbonyl (C=O) groups is 1. The summed E-state index contributed by atoms with van der Waals surface area (Å²) in [6.45, 7) is 1.82. The summed E-state index contributed by atoms with van der Waals surface area (Å²) in [4.78, 5) is 11.5. The molecule has 0 heterocycles. The quantitative estimate of drug-likeness (QED) is 0.465. The van der Waals surface area contributed by atoms with Crippen LogP contribution in [0.4, 0.5) is 0 Å². The molecule has 1 unspecified atom stereocenters. The maximum atomic E-state index is 11.7. The van der Waals surface area contributed by atoms with E-state index in [1.54, 1.807) is 19.2 Å². The van der Waals surface area contributed by atoms with E-state index in [0.29, 0.717) is 0 Å². The summed E-state index contributed by atoms with van der Waals surface area (Å²) in [5.41, 5.74) is 0.732. The number of hydrogen-bond acceptors (Lipinski definition) is 2. The Hall–Kier alpha value is -0.100. The first-order valence-corrected chi connectivity index (χ1v) is 6.07. The zero-order valence-electron chi connectivity index (χ0n) is 7.88. The number of ether oxygens (including phenoxy) is 1. The van der Waals surface area contributed by atoms with Gasteiger partial charge in [-0.3, -0.25) is 4.79 Å². The number of methoxy groups -OCH3 is 1. The molecule has 4 heteroatoms. The molecular formula is C10H10BrIO2. The van der Waals surface area contributed by atoms with Gasteiger partial charge in [0.05, 0.1) is 11.9 Å². The lowest BCUT2D eigenvalue weighted by Gasteiger charge is -2.07. The van der Waals surface area contributed by atoms with Crippen LogP contribution in [0.1, 0.15) is 17.3 Å². The Bertz CT molecular complexity index is 350. The third kappa shape index (κ3) is 2.70. The summed E-state index contributed by atoms with van der Waals surface area (Å²) in [7, 11) is 1.61. The third-order valence-corrected chi connectivity index (χ3v) is 3.11. The molecule has 0 bridgehead atoms. The first kappa shape index (κ1) is 12.0. The lowest BCUT2D eigenvalue weighted by molar-refractivity contribution is 0.0995. The average Bonchev–Trinajstić information content (AvgIpc) is 2.16. The number of Topliss-reactive ketones (excluding diaryl/α,β-unsaturated/α-hetero) is 1. The number of rotatable bonds is 3. The maximum absolute atomic E-state index is 11.7. The fourth-order valence-electron chi connectivity index (χ4n) is 1.04. The molecule has 1 aromatic rings. The smallest absolute Gasteiger partial charge is 0.177 e. The van der Waals surface area contributed by atoms with Crippen LogP contribution in [0.25, 0.3) is 0 Å². The number of halogens is 2. The van der Waals surface area contributed by atoms with Gasteiger partial charge < -0.3 is 4.74 Å². The summed E-state index contributed by atoms with van der Waals surface area (Å²) in [6.07, 6.45) is 0. The van der Waals surface area contributed by atoms with Crippen LogP contribution in [0, 0.1) is 3.57 Å². The second-order valence-corrected chi connectivity index (χ2v) is 5.36. The Morgan fingerprint density at radius 2 is 2.21 bits per heavy atom. The Morgan fingerprint density at radius 3 is 2.64 bits per heavy atom. The van der Waals surface area contributed by atoms with E-state index in [9.17, 15) is 4.79 Å². The number of hydrogen-bond donors (Lipinski definition) is 0. The van der Waals surface area contributed by atoms with E-state index >= 15 is 0 Å². The van der Waals surface area contributed by atoms with E-state index in [4.69, 9.17) is 4.74 Å². The van der Waals surface area contributed by atoms with Gasteiger partial charge in [0, 0.05) is 9.13 Å². The molecule has 0 aliphatic rings. The average molecular weight is 369 g/mol. The zero-order chi connectivity index (χ0) is 10.7. The summed E-state index contributed by atoms with van der Waals surface area (Å²) in [5, 5.41) is 0. The van der Waals surface area contributed by atoms with Gasteiger partial charge in [-0.1, -0.05) is 15.9 Å². The van der Waals surface area contributed by atoms with Gasteiger partial charge in [0.1, 0.15) is 5.75 Å². The van der Waals surface area contributed by atoms with Crippen molar-refractivity contribution in [1.29, 1.82) is 0 Å².